The Morgan fingerprint density at radius 3 is 2.58 bits per heavy atom. The second-order valence-corrected chi connectivity index (χ2v) is 5.00. The Morgan fingerprint density at radius 1 is 1.16 bits per heavy atom. The maximum atomic E-state index is 12.2. The highest BCUT2D eigenvalue weighted by atomic mass is 35.5. The van der Waals surface area contributed by atoms with Crippen molar-refractivity contribution in [3.63, 3.8) is 0 Å². The number of halogens is 1. The standard InChI is InChI=1S/C16H16ClNO/c1-11-6-3-4-9-15(11)16(19)18-12(2)13-7-5-8-14(17)10-13/h3-10,12H,1-2H3,(H,18,19). The summed E-state index contributed by atoms with van der Waals surface area (Å²) in [6.45, 7) is 3.88. The molecule has 1 amide bonds. The van der Waals surface area contributed by atoms with Crippen LogP contribution in [0.25, 0.3) is 0 Å². The predicted molar refractivity (Wildman–Crippen MR) is 78.5 cm³/mol. The van der Waals surface area contributed by atoms with Gasteiger partial charge in [-0.1, -0.05) is 41.9 Å². The summed E-state index contributed by atoms with van der Waals surface area (Å²) in [6, 6.07) is 15.0. The molecule has 1 atom stereocenters. The largest absolute Gasteiger partial charge is 0.346 e. The number of rotatable bonds is 3. The van der Waals surface area contributed by atoms with E-state index < -0.39 is 0 Å². The molecule has 0 spiro atoms. The summed E-state index contributed by atoms with van der Waals surface area (Å²) < 4.78 is 0. The highest BCUT2D eigenvalue weighted by Gasteiger charge is 2.12. The maximum Gasteiger partial charge on any atom is 0.252 e. The van der Waals surface area contributed by atoms with Gasteiger partial charge in [0.1, 0.15) is 0 Å². The number of benzene rings is 2. The minimum atomic E-state index is -0.0780. The molecular weight excluding hydrogens is 258 g/mol. The van der Waals surface area contributed by atoms with Gasteiger partial charge in [-0.3, -0.25) is 4.79 Å². The van der Waals surface area contributed by atoms with Gasteiger partial charge in [-0.15, -0.1) is 0 Å². The maximum absolute atomic E-state index is 12.2. The molecule has 0 bridgehead atoms. The highest BCUT2D eigenvalue weighted by Crippen LogP contribution is 2.18. The Hall–Kier alpha value is -1.80. The lowest BCUT2D eigenvalue weighted by molar-refractivity contribution is 0.0939. The quantitative estimate of drug-likeness (QED) is 0.895. The summed E-state index contributed by atoms with van der Waals surface area (Å²) >= 11 is 5.95. The fourth-order valence-corrected chi connectivity index (χ4v) is 2.16. The number of carbonyl (C=O) groups is 1. The third kappa shape index (κ3) is 3.36. The number of carbonyl (C=O) groups excluding carboxylic acids is 1. The van der Waals surface area contributed by atoms with Gasteiger partial charge in [0, 0.05) is 10.6 Å². The molecule has 2 rings (SSSR count). The zero-order valence-corrected chi connectivity index (χ0v) is 11.7. The van der Waals surface area contributed by atoms with E-state index in [0.29, 0.717) is 10.6 Å². The molecule has 19 heavy (non-hydrogen) atoms. The second-order valence-electron chi connectivity index (χ2n) is 4.57. The summed E-state index contributed by atoms with van der Waals surface area (Å²) in [7, 11) is 0. The summed E-state index contributed by atoms with van der Waals surface area (Å²) in [5.41, 5.74) is 2.67. The second kappa shape index (κ2) is 5.89. The number of aryl methyl sites for hydroxylation is 1. The average Bonchev–Trinajstić information content (AvgIpc) is 2.39. The molecule has 1 unspecified atom stereocenters. The van der Waals surface area contributed by atoms with Gasteiger partial charge in [-0.05, 0) is 43.2 Å². The first-order chi connectivity index (χ1) is 9.08. The molecule has 0 aliphatic carbocycles. The Labute approximate surface area is 118 Å². The highest BCUT2D eigenvalue weighted by molar-refractivity contribution is 6.30. The van der Waals surface area contributed by atoms with E-state index in [1.54, 1.807) is 0 Å². The molecule has 0 fully saturated rings. The Balaban J connectivity index is 2.13. The van der Waals surface area contributed by atoms with Crippen LogP contribution in [-0.2, 0) is 0 Å². The van der Waals surface area contributed by atoms with Gasteiger partial charge >= 0.3 is 0 Å². The molecule has 0 aromatic heterocycles. The average molecular weight is 274 g/mol. The van der Waals surface area contributed by atoms with Gasteiger partial charge in [-0.25, -0.2) is 0 Å². The first kappa shape index (κ1) is 13.6. The molecule has 0 saturated carbocycles. The first-order valence-electron chi connectivity index (χ1n) is 6.20. The molecule has 0 aliphatic heterocycles. The monoisotopic (exact) mass is 273 g/mol. The Morgan fingerprint density at radius 2 is 1.89 bits per heavy atom. The predicted octanol–water partition coefficient (Wildman–Crippen LogP) is 4.14. The zero-order valence-electron chi connectivity index (χ0n) is 11.0. The number of hydrogen-bond donors (Lipinski definition) is 1. The van der Waals surface area contributed by atoms with Gasteiger partial charge < -0.3 is 5.32 Å². The van der Waals surface area contributed by atoms with E-state index in [4.69, 9.17) is 11.6 Å². The van der Waals surface area contributed by atoms with E-state index >= 15 is 0 Å². The van der Waals surface area contributed by atoms with E-state index in [2.05, 4.69) is 5.32 Å². The minimum absolute atomic E-state index is 0.0643. The van der Waals surface area contributed by atoms with Crippen molar-refractivity contribution in [2.45, 2.75) is 19.9 Å². The third-order valence-corrected chi connectivity index (χ3v) is 3.32. The summed E-state index contributed by atoms with van der Waals surface area (Å²) in [6.07, 6.45) is 0. The Bertz CT molecular complexity index is 595. The lowest BCUT2D eigenvalue weighted by Gasteiger charge is -2.15. The normalized spacial score (nSPS) is 11.9. The molecule has 0 heterocycles. The fourth-order valence-electron chi connectivity index (χ4n) is 1.96. The molecule has 1 N–H and O–H groups in total. The van der Waals surface area contributed by atoms with Crippen molar-refractivity contribution < 1.29 is 4.79 Å². The molecule has 2 aromatic carbocycles. The van der Waals surface area contributed by atoms with Crippen molar-refractivity contribution in [1.29, 1.82) is 0 Å². The van der Waals surface area contributed by atoms with Crippen LogP contribution in [0.5, 0.6) is 0 Å². The van der Waals surface area contributed by atoms with E-state index in [9.17, 15) is 4.79 Å². The molecule has 3 heteroatoms. The van der Waals surface area contributed by atoms with Crippen molar-refractivity contribution in [1.82, 2.24) is 5.32 Å². The molecular formula is C16H16ClNO. The van der Waals surface area contributed by atoms with E-state index in [0.717, 1.165) is 11.1 Å². The van der Waals surface area contributed by atoms with Crippen LogP contribution in [0.4, 0.5) is 0 Å². The number of amides is 1. The summed E-state index contributed by atoms with van der Waals surface area (Å²) in [5.74, 6) is -0.0643. The van der Waals surface area contributed by atoms with Crippen LogP contribution >= 0.6 is 11.6 Å². The van der Waals surface area contributed by atoms with Crippen LogP contribution in [0.1, 0.15) is 34.5 Å². The van der Waals surface area contributed by atoms with Crippen molar-refractivity contribution in [3.05, 3.63) is 70.2 Å². The van der Waals surface area contributed by atoms with Crippen LogP contribution in [0, 0.1) is 6.92 Å². The number of nitrogens with one attached hydrogen (secondary N) is 1. The van der Waals surface area contributed by atoms with Gasteiger partial charge in [-0.2, -0.15) is 0 Å². The lowest BCUT2D eigenvalue weighted by atomic mass is 10.1. The number of hydrogen-bond acceptors (Lipinski definition) is 1. The van der Waals surface area contributed by atoms with Crippen molar-refractivity contribution in [3.8, 4) is 0 Å². The third-order valence-electron chi connectivity index (χ3n) is 3.09. The van der Waals surface area contributed by atoms with Gasteiger partial charge in [0.05, 0.1) is 6.04 Å². The van der Waals surface area contributed by atoms with Crippen LogP contribution in [-0.4, -0.2) is 5.91 Å². The summed E-state index contributed by atoms with van der Waals surface area (Å²) in [4.78, 5) is 12.2. The van der Waals surface area contributed by atoms with Crippen LogP contribution in [0.2, 0.25) is 5.02 Å². The smallest absolute Gasteiger partial charge is 0.252 e. The molecule has 2 nitrogen and oxygen atoms in total. The Kier molecular flexibility index (Phi) is 4.23. The van der Waals surface area contributed by atoms with Crippen LogP contribution in [0.3, 0.4) is 0 Å². The van der Waals surface area contributed by atoms with Gasteiger partial charge in [0.15, 0.2) is 0 Å². The van der Waals surface area contributed by atoms with Crippen LogP contribution in [0.15, 0.2) is 48.5 Å². The van der Waals surface area contributed by atoms with Crippen LogP contribution < -0.4 is 5.32 Å². The fraction of sp³-hybridized carbons (Fsp3) is 0.188. The molecule has 0 saturated heterocycles. The van der Waals surface area contributed by atoms with Crippen molar-refractivity contribution in [2.75, 3.05) is 0 Å². The first-order valence-corrected chi connectivity index (χ1v) is 6.57. The molecule has 0 radical (unpaired) electrons. The summed E-state index contributed by atoms with van der Waals surface area (Å²) in [5, 5.41) is 3.66. The molecule has 98 valence electrons. The SMILES string of the molecule is Cc1ccccc1C(=O)NC(C)c1cccc(Cl)c1. The zero-order chi connectivity index (χ0) is 13.8. The van der Waals surface area contributed by atoms with Gasteiger partial charge in [0.25, 0.3) is 5.91 Å². The minimum Gasteiger partial charge on any atom is -0.346 e. The van der Waals surface area contributed by atoms with E-state index in [1.807, 2.05) is 62.4 Å². The molecule has 0 aliphatic rings. The van der Waals surface area contributed by atoms with Crippen molar-refractivity contribution >= 4 is 17.5 Å². The lowest BCUT2D eigenvalue weighted by Crippen LogP contribution is -2.27. The topological polar surface area (TPSA) is 29.1 Å². The van der Waals surface area contributed by atoms with E-state index in [-0.39, 0.29) is 11.9 Å². The molecule has 2 aromatic rings. The van der Waals surface area contributed by atoms with E-state index in [1.165, 1.54) is 0 Å². The van der Waals surface area contributed by atoms with Crippen molar-refractivity contribution in [2.24, 2.45) is 0 Å². The van der Waals surface area contributed by atoms with Gasteiger partial charge in [0.2, 0.25) is 0 Å².